The summed E-state index contributed by atoms with van der Waals surface area (Å²) in [6, 6.07) is 3.08. The first-order chi connectivity index (χ1) is 17.0. The van der Waals surface area contributed by atoms with Crippen LogP contribution in [0.15, 0.2) is 30.2 Å². The van der Waals surface area contributed by atoms with Gasteiger partial charge in [-0.3, -0.25) is 0 Å². The molecule has 2 aliphatic heterocycles. The summed E-state index contributed by atoms with van der Waals surface area (Å²) in [4.78, 5) is 0. The summed E-state index contributed by atoms with van der Waals surface area (Å²) in [5.74, 6) is -16.4. The molecule has 0 N–H and O–H groups in total. The van der Waals surface area contributed by atoms with Crippen LogP contribution in [-0.4, -0.2) is 25.2 Å². The Balaban J connectivity index is 1.68. The summed E-state index contributed by atoms with van der Waals surface area (Å²) >= 11 is 0. The van der Waals surface area contributed by atoms with Crippen molar-refractivity contribution in [2.75, 3.05) is 13.2 Å². The summed E-state index contributed by atoms with van der Waals surface area (Å²) in [6.07, 6.45) is -1.88. The number of ether oxygens (including phenoxy) is 4. The summed E-state index contributed by atoms with van der Waals surface area (Å²) in [5.41, 5.74) is -2.06. The van der Waals surface area contributed by atoms with E-state index < -0.39 is 58.9 Å². The lowest BCUT2D eigenvalue weighted by molar-refractivity contribution is -0.265. The zero-order chi connectivity index (χ0) is 26.3. The first-order valence-electron chi connectivity index (χ1n) is 11.4. The molecule has 0 radical (unpaired) electrons. The second-order valence-electron chi connectivity index (χ2n) is 8.41. The second kappa shape index (κ2) is 9.74. The normalized spacial score (nSPS) is 17.4. The maximum Gasteiger partial charge on any atom is 0.350 e. The molecule has 0 saturated heterocycles. The number of benzene rings is 2. The van der Waals surface area contributed by atoms with Crippen LogP contribution in [0.1, 0.15) is 49.8 Å². The maximum atomic E-state index is 15.1. The van der Waals surface area contributed by atoms with Gasteiger partial charge in [0, 0.05) is 24.0 Å². The quantitative estimate of drug-likeness (QED) is 0.291. The zero-order valence-electron chi connectivity index (χ0n) is 19.4. The van der Waals surface area contributed by atoms with E-state index in [-0.39, 0.29) is 48.7 Å². The number of allylic oxidation sites excluding steroid dienone is 1. The minimum absolute atomic E-state index is 0.0919. The van der Waals surface area contributed by atoms with Gasteiger partial charge in [0.05, 0.1) is 18.8 Å². The Bertz CT molecular complexity index is 1180. The van der Waals surface area contributed by atoms with Crippen LogP contribution in [0.4, 0.5) is 30.7 Å². The molecule has 0 bridgehead atoms. The minimum atomic E-state index is -5.14. The molecule has 1 atom stereocenters. The molecule has 0 aliphatic carbocycles. The van der Waals surface area contributed by atoms with Crippen molar-refractivity contribution in [1.82, 2.24) is 0 Å². The van der Waals surface area contributed by atoms with Crippen LogP contribution in [0.5, 0.6) is 17.2 Å². The van der Waals surface area contributed by atoms with Crippen LogP contribution in [-0.2, 0) is 21.8 Å². The van der Waals surface area contributed by atoms with Crippen molar-refractivity contribution in [2.24, 2.45) is 0 Å². The standard InChI is InChI=1S/C25H23F7O4/c1-3-9-34-17-7-5-13-10-14-11-16(19(26)21(28)23(14)36-22(13)20(17)27)24(29,30)25(31,32)18-8-6-15(12-35-18)33-4-2/h5,7,11-12,18H,3-4,6,8-10H2,1-2H3. The molecule has 0 fully saturated rings. The summed E-state index contributed by atoms with van der Waals surface area (Å²) < 4.78 is 125. The maximum absolute atomic E-state index is 15.1. The Morgan fingerprint density at radius 1 is 0.944 bits per heavy atom. The fourth-order valence-corrected chi connectivity index (χ4v) is 4.09. The molecule has 4 nitrogen and oxygen atoms in total. The SMILES string of the molecule is CCCOc1ccc2c(c1F)Oc1c(cc(C(F)(F)C(F)(F)C3CCC(OCC)=CO3)c(F)c1F)C2. The van der Waals surface area contributed by atoms with Crippen LogP contribution in [0.2, 0.25) is 0 Å². The van der Waals surface area contributed by atoms with Crippen molar-refractivity contribution in [3.8, 4) is 17.2 Å². The molecular formula is C25H23F7O4. The number of hydrogen-bond donors (Lipinski definition) is 0. The van der Waals surface area contributed by atoms with Gasteiger partial charge in [0.15, 0.2) is 29.2 Å². The average Bonchev–Trinajstić information content (AvgIpc) is 2.85. The third-order valence-electron chi connectivity index (χ3n) is 5.94. The van der Waals surface area contributed by atoms with Gasteiger partial charge in [-0.2, -0.15) is 26.3 Å². The Morgan fingerprint density at radius 3 is 2.31 bits per heavy atom. The van der Waals surface area contributed by atoms with Crippen LogP contribution in [0, 0.1) is 17.5 Å². The molecule has 196 valence electrons. The molecule has 36 heavy (non-hydrogen) atoms. The molecule has 4 rings (SSSR count). The summed E-state index contributed by atoms with van der Waals surface area (Å²) in [6.45, 7) is 3.87. The molecule has 0 spiro atoms. The Kier molecular flexibility index (Phi) is 7.03. The monoisotopic (exact) mass is 520 g/mol. The third-order valence-corrected chi connectivity index (χ3v) is 5.94. The largest absolute Gasteiger partial charge is 0.495 e. The lowest BCUT2D eigenvalue weighted by atomic mass is 9.90. The van der Waals surface area contributed by atoms with Crippen LogP contribution in [0.3, 0.4) is 0 Å². The average molecular weight is 520 g/mol. The van der Waals surface area contributed by atoms with Gasteiger partial charge in [-0.1, -0.05) is 13.0 Å². The van der Waals surface area contributed by atoms with Crippen LogP contribution >= 0.6 is 0 Å². The second-order valence-corrected chi connectivity index (χ2v) is 8.41. The predicted molar refractivity (Wildman–Crippen MR) is 114 cm³/mol. The van der Waals surface area contributed by atoms with Gasteiger partial charge in [0.25, 0.3) is 0 Å². The highest BCUT2D eigenvalue weighted by Gasteiger charge is 2.64. The number of rotatable bonds is 8. The highest BCUT2D eigenvalue weighted by Crippen LogP contribution is 2.51. The highest BCUT2D eigenvalue weighted by molar-refractivity contribution is 5.55. The molecule has 2 aromatic carbocycles. The van der Waals surface area contributed by atoms with Gasteiger partial charge in [-0.25, -0.2) is 4.39 Å². The van der Waals surface area contributed by atoms with E-state index in [2.05, 4.69) is 0 Å². The Hall–Kier alpha value is -3.11. The van der Waals surface area contributed by atoms with Gasteiger partial charge < -0.3 is 18.9 Å². The minimum Gasteiger partial charge on any atom is -0.495 e. The molecule has 0 amide bonds. The lowest BCUT2D eigenvalue weighted by Crippen LogP contribution is -2.49. The van der Waals surface area contributed by atoms with E-state index in [1.165, 1.54) is 12.1 Å². The molecule has 2 heterocycles. The predicted octanol–water partition coefficient (Wildman–Crippen LogP) is 7.37. The Labute approximate surface area is 202 Å². The van der Waals surface area contributed by atoms with E-state index in [9.17, 15) is 22.0 Å². The van der Waals surface area contributed by atoms with Crippen molar-refractivity contribution in [3.05, 3.63) is 64.4 Å². The first kappa shape index (κ1) is 26.0. The topological polar surface area (TPSA) is 36.9 Å². The Morgan fingerprint density at radius 2 is 1.67 bits per heavy atom. The molecular weight excluding hydrogens is 497 g/mol. The van der Waals surface area contributed by atoms with Crippen molar-refractivity contribution < 1.29 is 49.7 Å². The number of alkyl halides is 4. The molecule has 0 aromatic heterocycles. The van der Waals surface area contributed by atoms with Crippen molar-refractivity contribution in [3.63, 3.8) is 0 Å². The van der Waals surface area contributed by atoms with Crippen molar-refractivity contribution in [2.45, 2.75) is 57.5 Å². The fourth-order valence-electron chi connectivity index (χ4n) is 4.09. The van der Waals surface area contributed by atoms with Gasteiger partial charge >= 0.3 is 11.8 Å². The molecule has 0 saturated carbocycles. The van der Waals surface area contributed by atoms with Gasteiger partial charge in [-0.15, -0.1) is 0 Å². The third kappa shape index (κ3) is 4.32. The van der Waals surface area contributed by atoms with Crippen molar-refractivity contribution in [1.29, 1.82) is 0 Å². The van der Waals surface area contributed by atoms with E-state index in [1.807, 2.05) is 0 Å². The molecule has 11 heteroatoms. The van der Waals surface area contributed by atoms with Gasteiger partial charge in [0.2, 0.25) is 11.6 Å². The van der Waals surface area contributed by atoms with Gasteiger partial charge in [0.1, 0.15) is 12.0 Å². The first-order valence-corrected chi connectivity index (χ1v) is 11.4. The van der Waals surface area contributed by atoms with E-state index in [0.717, 1.165) is 6.26 Å². The summed E-state index contributed by atoms with van der Waals surface area (Å²) in [5, 5.41) is 0. The molecule has 2 aliphatic rings. The number of fused-ring (bicyclic) bond motifs is 2. The molecule has 1 unspecified atom stereocenters. The van der Waals surface area contributed by atoms with E-state index >= 15 is 8.78 Å². The summed E-state index contributed by atoms with van der Waals surface area (Å²) in [7, 11) is 0. The van der Waals surface area contributed by atoms with Crippen molar-refractivity contribution >= 4 is 0 Å². The van der Waals surface area contributed by atoms with Crippen LogP contribution in [0.25, 0.3) is 0 Å². The number of hydrogen-bond acceptors (Lipinski definition) is 4. The van der Waals surface area contributed by atoms with E-state index in [0.29, 0.717) is 12.5 Å². The zero-order valence-corrected chi connectivity index (χ0v) is 19.4. The lowest BCUT2D eigenvalue weighted by Gasteiger charge is -2.35. The van der Waals surface area contributed by atoms with Crippen LogP contribution < -0.4 is 9.47 Å². The van der Waals surface area contributed by atoms with Gasteiger partial charge in [-0.05, 0) is 31.9 Å². The van der Waals surface area contributed by atoms with E-state index in [4.69, 9.17) is 18.9 Å². The fraction of sp³-hybridized carbons (Fsp3) is 0.440. The molecule has 2 aromatic rings. The smallest absolute Gasteiger partial charge is 0.350 e. The van der Waals surface area contributed by atoms with E-state index in [1.54, 1.807) is 13.8 Å². The number of halogens is 7. The highest BCUT2D eigenvalue weighted by atomic mass is 19.3.